The Hall–Kier alpha value is -1.61. The van der Waals surface area contributed by atoms with Gasteiger partial charge < -0.3 is 9.47 Å². The third kappa shape index (κ3) is 4.04. The number of hydrogen-bond acceptors (Lipinski definition) is 3. The molecule has 1 saturated heterocycles. The zero-order valence-electron chi connectivity index (χ0n) is 9.67. The van der Waals surface area contributed by atoms with Crippen molar-refractivity contribution in [1.29, 1.82) is 0 Å². The summed E-state index contributed by atoms with van der Waals surface area (Å²) in [5.74, 6) is -0.302. The predicted octanol–water partition coefficient (Wildman–Crippen LogP) is 2.42. The topological polar surface area (TPSA) is 35.5 Å². The molecule has 1 aliphatic heterocycles. The number of carbonyl (C=O) groups is 1. The third-order valence-electron chi connectivity index (χ3n) is 2.61. The van der Waals surface area contributed by atoms with E-state index in [-0.39, 0.29) is 12.1 Å². The van der Waals surface area contributed by atoms with E-state index in [1.165, 1.54) is 6.08 Å². The number of carbonyl (C=O) groups excluding carboxylic acids is 1. The molecule has 0 N–H and O–H groups in total. The zero-order valence-corrected chi connectivity index (χ0v) is 9.67. The maximum atomic E-state index is 11.5. The summed E-state index contributed by atoms with van der Waals surface area (Å²) < 4.78 is 10.5. The molecule has 3 nitrogen and oxygen atoms in total. The van der Waals surface area contributed by atoms with Gasteiger partial charge in [-0.3, -0.25) is 0 Å². The number of rotatable bonds is 3. The minimum atomic E-state index is -0.302. The van der Waals surface area contributed by atoms with Crippen LogP contribution in [0.4, 0.5) is 0 Å². The summed E-state index contributed by atoms with van der Waals surface area (Å²) in [5.41, 5.74) is 0.990. The summed E-state index contributed by atoms with van der Waals surface area (Å²) in [4.78, 5) is 11.5. The molecule has 1 aromatic carbocycles. The van der Waals surface area contributed by atoms with Crippen molar-refractivity contribution in [3.63, 3.8) is 0 Å². The second-order valence-electron chi connectivity index (χ2n) is 4.02. The molecule has 2 rings (SSSR count). The number of esters is 1. The van der Waals surface area contributed by atoms with Crippen molar-refractivity contribution < 1.29 is 14.3 Å². The highest BCUT2D eigenvalue weighted by molar-refractivity contribution is 5.87. The summed E-state index contributed by atoms with van der Waals surface area (Å²) >= 11 is 0. The van der Waals surface area contributed by atoms with E-state index in [4.69, 9.17) is 9.47 Å². The van der Waals surface area contributed by atoms with Crippen LogP contribution in [0.1, 0.15) is 18.4 Å². The molecule has 0 radical (unpaired) electrons. The molecule has 90 valence electrons. The van der Waals surface area contributed by atoms with Crippen LogP contribution < -0.4 is 0 Å². The lowest BCUT2D eigenvalue weighted by atomic mass is 10.2. The first-order chi connectivity index (χ1) is 8.34. The van der Waals surface area contributed by atoms with Crippen LogP contribution >= 0.6 is 0 Å². The fourth-order valence-corrected chi connectivity index (χ4v) is 1.74. The van der Waals surface area contributed by atoms with E-state index < -0.39 is 0 Å². The van der Waals surface area contributed by atoms with E-state index in [9.17, 15) is 4.79 Å². The monoisotopic (exact) mass is 232 g/mol. The molecule has 1 fully saturated rings. The van der Waals surface area contributed by atoms with Crippen molar-refractivity contribution in [2.75, 3.05) is 13.2 Å². The minimum absolute atomic E-state index is 0.0864. The van der Waals surface area contributed by atoms with Crippen molar-refractivity contribution in [3.8, 4) is 0 Å². The minimum Gasteiger partial charge on any atom is -0.457 e. The van der Waals surface area contributed by atoms with E-state index in [1.807, 2.05) is 30.3 Å². The fourth-order valence-electron chi connectivity index (χ4n) is 1.74. The van der Waals surface area contributed by atoms with Gasteiger partial charge in [0.15, 0.2) is 0 Å². The highest BCUT2D eigenvalue weighted by atomic mass is 16.6. The molecule has 0 saturated carbocycles. The maximum absolute atomic E-state index is 11.5. The van der Waals surface area contributed by atoms with Crippen LogP contribution in [-0.4, -0.2) is 25.3 Å². The van der Waals surface area contributed by atoms with Gasteiger partial charge in [-0.05, 0) is 24.5 Å². The summed E-state index contributed by atoms with van der Waals surface area (Å²) in [7, 11) is 0. The Bertz CT molecular complexity index is 378. The molecule has 1 aliphatic rings. The molecule has 3 heteroatoms. The fraction of sp³-hybridized carbons (Fsp3) is 0.357. The Labute approximate surface area is 101 Å². The quantitative estimate of drug-likeness (QED) is 0.593. The van der Waals surface area contributed by atoms with Gasteiger partial charge in [0.1, 0.15) is 6.10 Å². The van der Waals surface area contributed by atoms with Crippen LogP contribution in [0.2, 0.25) is 0 Å². The van der Waals surface area contributed by atoms with Gasteiger partial charge in [-0.25, -0.2) is 4.79 Å². The van der Waals surface area contributed by atoms with Crippen LogP contribution in [0.15, 0.2) is 36.4 Å². The van der Waals surface area contributed by atoms with Gasteiger partial charge >= 0.3 is 5.97 Å². The van der Waals surface area contributed by atoms with Crippen molar-refractivity contribution in [1.82, 2.24) is 0 Å². The lowest BCUT2D eigenvalue weighted by Crippen LogP contribution is -2.27. The standard InChI is InChI=1S/C14H16O3/c15-14(17-13-7-4-10-16-11-13)9-8-12-5-2-1-3-6-12/h1-3,5-6,8-9,13H,4,7,10-11H2/b9-8+/t13-/m0/s1. The molecule has 0 spiro atoms. The molecule has 0 bridgehead atoms. The van der Waals surface area contributed by atoms with Crippen molar-refractivity contribution >= 4 is 12.0 Å². The molecular formula is C14H16O3. The highest BCUT2D eigenvalue weighted by Crippen LogP contribution is 2.10. The first-order valence-electron chi connectivity index (χ1n) is 5.86. The van der Waals surface area contributed by atoms with E-state index >= 15 is 0 Å². The van der Waals surface area contributed by atoms with Gasteiger partial charge in [-0.2, -0.15) is 0 Å². The second-order valence-corrected chi connectivity index (χ2v) is 4.02. The van der Waals surface area contributed by atoms with Crippen molar-refractivity contribution in [2.24, 2.45) is 0 Å². The summed E-state index contributed by atoms with van der Waals surface area (Å²) in [6.07, 6.45) is 4.98. The predicted molar refractivity (Wildman–Crippen MR) is 65.4 cm³/mol. The molecule has 0 aromatic heterocycles. The van der Waals surface area contributed by atoms with E-state index in [0.717, 1.165) is 25.0 Å². The van der Waals surface area contributed by atoms with Crippen molar-refractivity contribution in [2.45, 2.75) is 18.9 Å². The van der Waals surface area contributed by atoms with Crippen LogP contribution in [0.25, 0.3) is 6.08 Å². The summed E-state index contributed by atoms with van der Waals surface area (Å²) in [5, 5.41) is 0. The Balaban J connectivity index is 1.82. The van der Waals surface area contributed by atoms with Gasteiger partial charge in [-0.1, -0.05) is 30.3 Å². The summed E-state index contributed by atoms with van der Waals surface area (Å²) in [6, 6.07) is 9.68. The van der Waals surface area contributed by atoms with Crippen molar-refractivity contribution in [3.05, 3.63) is 42.0 Å². The lowest BCUT2D eigenvalue weighted by molar-refractivity contribution is -0.149. The molecule has 0 aliphatic carbocycles. The largest absolute Gasteiger partial charge is 0.457 e. The van der Waals surface area contributed by atoms with E-state index in [1.54, 1.807) is 6.08 Å². The van der Waals surface area contributed by atoms with Crippen LogP contribution in [-0.2, 0) is 14.3 Å². The Kier molecular flexibility index (Phi) is 4.33. The molecule has 0 amide bonds. The number of hydrogen-bond donors (Lipinski definition) is 0. The van der Waals surface area contributed by atoms with Crippen LogP contribution in [0.3, 0.4) is 0 Å². The van der Waals surface area contributed by atoms with E-state index in [2.05, 4.69) is 0 Å². The Morgan fingerprint density at radius 1 is 1.35 bits per heavy atom. The molecule has 0 unspecified atom stereocenters. The number of benzene rings is 1. The van der Waals surface area contributed by atoms with Gasteiger partial charge in [0, 0.05) is 12.7 Å². The SMILES string of the molecule is O=C(/C=C/c1ccccc1)O[C@H]1CCCOC1. The van der Waals surface area contributed by atoms with Gasteiger partial charge in [0.25, 0.3) is 0 Å². The smallest absolute Gasteiger partial charge is 0.331 e. The van der Waals surface area contributed by atoms with Gasteiger partial charge in [0.2, 0.25) is 0 Å². The van der Waals surface area contributed by atoms with E-state index in [0.29, 0.717) is 6.61 Å². The Morgan fingerprint density at radius 3 is 2.88 bits per heavy atom. The highest BCUT2D eigenvalue weighted by Gasteiger charge is 2.16. The average molecular weight is 232 g/mol. The van der Waals surface area contributed by atoms with Crippen LogP contribution in [0, 0.1) is 0 Å². The van der Waals surface area contributed by atoms with Crippen LogP contribution in [0.5, 0.6) is 0 Å². The maximum Gasteiger partial charge on any atom is 0.331 e. The van der Waals surface area contributed by atoms with Gasteiger partial charge in [-0.15, -0.1) is 0 Å². The molecule has 1 heterocycles. The molecule has 17 heavy (non-hydrogen) atoms. The molecule has 1 atom stereocenters. The first-order valence-corrected chi connectivity index (χ1v) is 5.86. The molecular weight excluding hydrogens is 216 g/mol. The lowest BCUT2D eigenvalue weighted by Gasteiger charge is -2.21. The summed E-state index contributed by atoms with van der Waals surface area (Å²) in [6.45, 7) is 1.29. The first kappa shape index (κ1) is 11.9. The normalized spacial score (nSPS) is 20.4. The Morgan fingerprint density at radius 2 is 2.18 bits per heavy atom. The molecule has 1 aromatic rings. The van der Waals surface area contributed by atoms with Gasteiger partial charge in [0.05, 0.1) is 6.61 Å². The second kappa shape index (κ2) is 6.21. The number of ether oxygens (including phenoxy) is 2. The third-order valence-corrected chi connectivity index (χ3v) is 2.61. The zero-order chi connectivity index (χ0) is 11.9. The average Bonchev–Trinajstić information content (AvgIpc) is 2.39.